The maximum absolute atomic E-state index is 12.3. The van der Waals surface area contributed by atoms with E-state index in [0.717, 1.165) is 36.0 Å². The van der Waals surface area contributed by atoms with Gasteiger partial charge in [0.1, 0.15) is 9.88 Å². The quantitative estimate of drug-likeness (QED) is 0.872. The summed E-state index contributed by atoms with van der Waals surface area (Å²) in [7, 11) is 0. The third-order valence-corrected chi connectivity index (χ3v) is 5.34. The molecule has 3 heterocycles. The molecule has 0 spiro atoms. The zero-order valence-corrected chi connectivity index (χ0v) is 15.4. The molecule has 1 amide bonds. The summed E-state index contributed by atoms with van der Waals surface area (Å²) in [6.45, 7) is 9.77. The number of likely N-dealkylation sites (tertiary alicyclic amines) is 1. The maximum atomic E-state index is 12.3. The molecule has 2 aromatic rings. The molecule has 0 unspecified atom stereocenters. The van der Waals surface area contributed by atoms with E-state index in [1.54, 1.807) is 6.20 Å². The summed E-state index contributed by atoms with van der Waals surface area (Å²) in [6, 6.07) is 2.17. The minimum atomic E-state index is -0.0476. The topological polar surface area (TPSA) is 63.1 Å². The van der Waals surface area contributed by atoms with Crippen LogP contribution >= 0.6 is 11.3 Å². The molecule has 1 saturated heterocycles. The fourth-order valence-electron chi connectivity index (χ4n) is 3.13. The number of thiazole rings is 1. The molecule has 0 aromatic carbocycles. The van der Waals surface area contributed by atoms with Crippen molar-refractivity contribution in [1.29, 1.82) is 0 Å². The van der Waals surface area contributed by atoms with Crippen molar-refractivity contribution in [2.24, 2.45) is 0 Å². The van der Waals surface area contributed by atoms with E-state index in [0.29, 0.717) is 11.4 Å². The van der Waals surface area contributed by atoms with Crippen LogP contribution < -0.4 is 5.32 Å². The van der Waals surface area contributed by atoms with Crippen molar-refractivity contribution in [1.82, 2.24) is 25.0 Å². The Morgan fingerprint density at radius 3 is 2.79 bits per heavy atom. The molecule has 6 nitrogen and oxygen atoms in total. The molecule has 7 heteroatoms. The summed E-state index contributed by atoms with van der Waals surface area (Å²) in [4.78, 5) is 19.8. The van der Waals surface area contributed by atoms with Gasteiger partial charge in [-0.15, -0.1) is 11.3 Å². The molecule has 1 atom stereocenters. The van der Waals surface area contributed by atoms with Gasteiger partial charge in [0.05, 0.1) is 24.5 Å². The minimum absolute atomic E-state index is 0.0476. The van der Waals surface area contributed by atoms with E-state index in [1.807, 2.05) is 24.6 Å². The number of carbonyl (C=O) groups excluding carboxylic acids is 1. The van der Waals surface area contributed by atoms with E-state index >= 15 is 0 Å². The van der Waals surface area contributed by atoms with Crippen LogP contribution in [0.15, 0.2) is 12.3 Å². The first-order valence-corrected chi connectivity index (χ1v) is 9.32. The Morgan fingerprint density at radius 1 is 1.38 bits per heavy atom. The number of carbonyl (C=O) groups is 1. The Labute approximate surface area is 146 Å². The second-order valence-corrected chi connectivity index (χ2v) is 7.65. The Hall–Kier alpha value is -1.73. The number of nitrogens with zero attached hydrogens (tertiary/aromatic N) is 4. The van der Waals surface area contributed by atoms with Gasteiger partial charge in [0.2, 0.25) is 0 Å². The van der Waals surface area contributed by atoms with Gasteiger partial charge in [0, 0.05) is 12.2 Å². The van der Waals surface area contributed by atoms with Crippen molar-refractivity contribution in [3.05, 3.63) is 33.5 Å². The number of aromatic nitrogens is 3. The lowest BCUT2D eigenvalue weighted by Gasteiger charge is -2.14. The fourth-order valence-corrected chi connectivity index (χ4v) is 4.00. The van der Waals surface area contributed by atoms with E-state index in [1.165, 1.54) is 24.2 Å². The summed E-state index contributed by atoms with van der Waals surface area (Å²) in [5, 5.41) is 8.49. The van der Waals surface area contributed by atoms with E-state index < -0.39 is 0 Å². The van der Waals surface area contributed by atoms with Crippen molar-refractivity contribution in [2.75, 3.05) is 19.6 Å². The van der Waals surface area contributed by atoms with Gasteiger partial charge in [0.25, 0.3) is 5.91 Å². The van der Waals surface area contributed by atoms with Crippen LogP contribution in [0.2, 0.25) is 0 Å². The van der Waals surface area contributed by atoms with Crippen LogP contribution in [-0.4, -0.2) is 45.2 Å². The van der Waals surface area contributed by atoms with Crippen molar-refractivity contribution in [3.8, 4) is 0 Å². The molecule has 1 fully saturated rings. The highest BCUT2D eigenvalue weighted by atomic mass is 32.1. The van der Waals surface area contributed by atoms with Gasteiger partial charge in [-0.2, -0.15) is 5.10 Å². The fraction of sp³-hybridized carbons (Fsp3) is 0.588. The van der Waals surface area contributed by atoms with E-state index in [-0.39, 0.29) is 11.9 Å². The van der Waals surface area contributed by atoms with Crippen LogP contribution in [0.25, 0.3) is 0 Å². The summed E-state index contributed by atoms with van der Waals surface area (Å²) in [5.74, 6) is -0.0476. The largest absolute Gasteiger partial charge is 0.349 e. The maximum Gasteiger partial charge on any atom is 0.263 e. The second-order valence-electron chi connectivity index (χ2n) is 6.53. The first-order valence-electron chi connectivity index (χ1n) is 8.51. The van der Waals surface area contributed by atoms with Crippen molar-refractivity contribution >= 4 is 17.2 Å². The predicted molar refractivity (Wildman–Crippen MR) is 95.4 cm³/mol. The number of amides is 1. The average molecular weight is 347 g/mol. The molecule has 1 N–H and O–H groups in total. The molecular weight excluding hydrogens is 322 g/mol. The Kier molecular flexibility index (Phi) is 5.30. The van der Waals surface area contributed by atoms with Gasteiger partial charge in [-0.25, -0.2) is 4.98 Å². The van der Waals surface area contributed by atoms with Crippen molar-refractivity contribution in [2.45, 2.75) is 46.2 Å². The summed E-state index contributed by atoms with van der Waals surface area (Å²) in [6.07, 6.45) is 4.23. The predicted octanol–water partition coefficient (Wildman–Crippen LogP) is 2.54. The molecule has 1 aliphatic heterocycles. The van der Waals surface area contributed by atoms with Crippen molar-refractivity contribution in [3.63, 3.8) is 0 Å². The van der Waals surface area contributed by atoms with Crippen molar-refractivity contribution < 1.29 is 4.79 Å². The lowest BCUT2D eigenvalue weighted by molar-refractivity contribution is 0.0951. The monoisotopic (exact) mass is 347 g/mol. The van der Waals surface area contributed by atoms with Crippen LogP contribution in [-0.2, 0) is 6.54 Å². The standard InChI is InChI=1S/C17H25N5OS/c1-12-8-13(2)22(20-12)14(3)9-19-17(23)15-10-18-16(24-15)11-21-6-4-5-7-21/h8,10,14H,4-7,9,11H2,1-3H3,(H,19,23)/t14-/m0/s1. The van der Waals surface area contributed by atoms with Gasteiger partial charge < -0.3 is 5.32 Å². The molecule has 0 bridgehead atoms. The first kappa shape index (κ1) is 17.1. The summed E-state index contributed by atoms with van der Waals surface area (Å²) >= 11 is 1.50. The summed E-state index contributed by atoms with van der Waals surface area (Å²) < 4.78 is 1.96. The normalized spacial score (nSPS) is 16.5. The third-order valence-electron chi connectivity index (χ3n) is 4.36. The van der Waals surface area contributed by atoms with Crippen LogP contribution in [0, 0.1) is 13.8 Å². The Morgan fingerprint density at radius 2 is 2.12 bits per heavy atom. The second kappa shape index (κ2) is 7.44. The zero-order valence-electron chi connectivity index (χ0n) is 14.6. The Balaban J connectivity index is 1.53. The number of hydrogen-bond acceptors (Lipinski definition) is 5. The molecule has 130 valence electrons. The zero-order chi connectivity index (χ0) is 17.1. The third kappa shape index (κ3) is 4.02. The lowest BCUT2D eigenvalue weighted by Crippen LogP contribution is -2.29. The van der Waals surface area contributed by atoms with Crippen LogP contribution in [0.5, 0.6) is 0 Å². The molecular formula is C17H25N5OS. The smallest absolute Gasteiger partial charge is 0.263 e. The van der Waals surface area contributed by atoms with Gasteiger partial charge in [-0.3, -0.25) is 14.4 Å². The average Bonchev–Trinajstić information content (AvgIpc) is 3.27. The summed E-state index contributed by atoms with van der Waals surface area (Å²) in [5.41, 5.74) is 2.11. The number of rotatable bonds is 6. The van der Waals surface area contributed by atoms with E-state index in [9.17, 15) is 4.79 Å². The number of hydrogen-bond donors (Lipinski definition) is 1. The highest BCUT2D eigenvalue weighted by Gasteiger charge is 2.17. The Bertz CT molecular complexity index is 702. The first-order chi connectivity index (χ1) is 11.5. The van der Waals surface area contributed by atoms with Crippen LogP contribution in [0.1, 0.15) is 51.9 Å². The van der Waals surface area contributed by atoms with Gasteiger partial charge >= 0.3 is 0 Å². The molecule has 24 heavy (non-hydrogen) atoms. The molecule has 0 aliphatic carbocycles. The van der Waals surface area contributed by atoms with Crippen LogP contribution in [0.4, 0.5) is 0 Å². The minimum Gasteiger partial charge on any atom is -0.349 e. The van der Waals surface area contributed by atoms with E-state index in [4.69, 9.17) is 0 Å². The van der Waals surface area contributed by atoms with Crippen LogP contribution in [0.3, 0.4) is 0 Å². The lowest BCUT2D eigenvalue weighted by atomic mass is 10.3. The van der Waals surface area contributed by atoms with Gasteiger partial charge in [0.15, 0.2) is 0 Å². The molecule has 1 aliphatic rings. The van der Waals surface area contributed by atoms with Gasteiger partial charge in [-0.1, -0.05) is 0 Å². The number of aryl methyl sites for hydroxylation is 2. The number of nitrogens with one attached hydrogen (secondary N) is 1. The molecule has 3 rings (SSSR count). The SMILES string of the molecule is Cc1cc(C)n([C@@H](C)CNC(=O)c2cnc(CN3CCCC3)s2)n1. The molecule has 2 aromatic heterocycles. The highest BCUT2D eigenvalue weighted by Crippen LogP contribution is 2.18. The highest BCUT2D eigenvalue weighted by molar-refractivity contribution is 7.13. The molecule has 0 saturated carbocycles. The molecule has 0 radical (unpaired) electrons. The van der Waals surface area contributed by atoms with E-state index in [2.05, 4.69) is 27.2 Å². The van der Waals surface area contributed by atoms with Gasteiger partial charge in [-0.05, 0) is 52.8 Å².